The molecule has 0 bridgehead atoms. The molecule has 2 unspecified atom stereocenters. The Morgan fingerprint density at radius 1 is 1.32 bits per heavy atom. The van der Waals surface area contributed by atoms with E-state index in [-0.39, 0.29) is 11.6 Å². The van der Waals surface area contributed by atoms with Crippen LogP contribution in [0.2, 0.25) is 0 Å². The largest absolute Gasteiger partial charge is 0.376 e. The van der Waals surface area contributed by atoms with Crippen LogP contribution in [0.1, 0.15) is 44.9 Å². The Kier molecular flexibility index (Phi) is 3.09. The number of anilines is 2. The smallest absolute Gasteiger partial charge is 0.136 e. The predicted molar refractivity (Wildman–Crippen MR) is 75.6 cm³/mol. The molecule has 0 spiro atoms. The zero-order valence-electron chi connectivity index (χ0n) is 11.9. The van der Waals surface area contributed by atoms with Gasteiger partial charge < -0.3 is 15.4 Å². The number of aromatic nitrogens is 2. The molecule has 104 valence electrons. The van der Waals surface area contributed by atoms with Crippen LogP contribution in [-0.2, 0) is 4.74 Å². The molecule has 0 radical (unpaired) electrons. The maximum absolute atomic E-state index is 5.67. The minimum absolute atomic E-state index is 0.0415. The third-order valence-corrected chi connectivity index (χ3v) is 4.24. The summed E-state index contributed by atoms with van der Waals surface area (Å²) >= 11 is 0. The van der Waals surface area contributed by atoms with Gasteiger partial charge in [-0.15, -0.1) is 0 Å². The first kappa shape index (κ1) is 12.7. The average molecular weight is 262 g/mol. The Labute approximate surface area is 114 Å². The topological polar surface area (TPSA) is 59.1 Å². The van der Waals surface area contributed by atoms with Crippen LogP contribution in [0.25, 0.3) is 0 Å². The van der Waals surface area contributed by atoms with Crippen molar-refractivity contribution in [2.75, 3.05) is 24.3 Å². The van der Waals surface area contributed by atoms with Crippen molar-refractivity contribution in [3.05, 3.63) is 11.9 Å². The zero-order valence-corrected chi connectivity index (χ0v) is 11.9. The molecular formula is C14H22N4O. The van der Waals surface area contributed by atoms with E-state index in [2.05, 4.69) is 34.4 Å². The molecule has 5 heteroatoms. The molecule has 0 aromatic carbocycles. The van der Waals surface area contributed by atoms with E-state index >= 15 is 0 Å². The summed E-state index contributed by atoms with van der Waals surface area (Å²) in [6, 6.07) is 1.97. The molecule has 1 saturated heterocycles. The van der Waals surface area contributed by atoms with Gasteiger partial charge in [-0.3, -0.25) is 0 Å². The van der Waals surface area contributed by atoms with Gasteiger partial charge in [-0.05, 0) is 33.1 Å². The minimum atomic E-state index is -0.0415. The molecule has 2 fully saturated rings. The fraction of sp³-hybridized carbons (Fsp3) is 0.714. The van der Waals surface area contributed by atoms with E-state index in [0.717, 1.165) is 30.5 Å². The van der Waals surface area contributed by atoms with Crippen molar-refractivity contribution in [2.45, 2.75) is 50.7 Å². The Bertz CT molecular complexity index is 475. The van der Waals surface area contributed by atoms with Crippen molar-refractivity contribution in [1.82, 2.24) is 9.97 Å². The van der Waals surface area contributed by atoms with Crippen molar-refractivity contribution in [3.8, 4) is 0 Å². The van der Waals surface area contributed by atoms with Crippen LogP contribution >= 0.6 is 0 Å². The van der Waals surface area contributed by atoms with Crippen LogP contribution < -0.4 is 10.6 Å². The summed E-state index contributed by atoms with van der Waals surface area (Å²) < 4.78 is 5.67. The highest BCUT2D eigenvalue weighted by Crippen LogP contribution is 2.39. The van der Waals surface area contributed by atoms with Crippen LogP contribution in [0.5, 0.6) is 0 Å². The zero-order chi connectivity index (χ0) is 13.5. The molecule has 19 heavy (non-hydrogen) atoms. The molecule has 3 rings (SSSR count). The molecule has 1 aromatic heterocycles. The second-order valence-corrected chi connectivity index (χ2v) is 5.83. The van der Waals surface area contributed by atoms with E-state index in [1.807, 2.05) is 13.1 Å². The third-order valence-electron chi connectivity index (χ3n) is 4.24. The Hall–Kier alpha value is -1.36. The van der Waals surface area contributed by atoms with Crippen LogP contribution in [-0.4, -0.2) is 35.3 Å². The number of hydrogen-bond acceptors (Lipinski definition) is 5. The quantitative estimate of drug-likeness (QED) is 0.872. The van der Waals surface area contributed by atoms with Crippen LogP contribution in [0.3, 0.4) is 0 Å². The number of hydrogen-bond donors (Lipinski definition) is 2. The molecule has 1 aliphatic heterocycles. The lowest BCUT2D eigenvalue weighted by Crippen LogP contribution is -2.41. The first-order valence-electron chi connectivity index (χ1n) is 7.07. The van der Waals surface area contributed by atoms with Crippen molar-refractivity contribution in [1.29, 1.82) is 0 Å². The molecule has 2 N–H and O–H groups in total. The highest BCUT2D eigenvalue weighted by molar-refractivity contribution is 5.49. The van der Waals surface area contributed by atoms with Gasteiger partial charge in [0.1, 0.15) is 17.5 Å². The summed E-state index contributed by atoms with van der Waals surface area (Å²) in [6.07, 6.45) is 3.63. The van der Waals surface area contributed by atoms with E-state index in [4.69, 9.17) is 4.74 Å². The molecule has 1 aliphatic carbocycles. The summed E-state index contributed by atoms with van der Waals surface area (Å²) in [7, 11) is 1.89. The molecular weight excluding hydrogens is 240 g/mol. The average Bonchev–Trinajstić information content (AvgIpc) is 3.18. The van der Waals surface area contributed by atoms with Crippen LogP contribution in [0.15, 0.2) is 6.07 Å². The summed E-state index contributed by atoms with van der Waals surface area (Å²) in [5.41, 5.74) is -0.0415. The van der Waals surface area contributed by atoms with Crippen LogP contribution in [0.4, 0.5) is 11.6 Å². The van der Waals surface area contributed by atoms with Gasteiger partial charge in [0.05, 0.1) is 11.6 Å². The molecule has 2 aliphatic rings. The van der Waals surface area contributed by atoms with Gasteiger partial charge in [0.15, 0.2) is 0 Å². The van der Waals surface area contributed by atoms with E-state index in [1.165, 1.54) is 12.8 Å². The Morgan fingerprint density at radius 2 is 2.05 bits per heavy atom. The first-order chi connectivity index (χ1) is 9.10. The van der Waals surface area contributed by atoms with Crippen molar-refractivity contribution < 1.29 is 4.74 Å². The highest BCUT2D eigenvalue weighted by atomic mass is 16.5. The molecule has 0 amide bonds. The normalized spacial score (nSPS) is 30.4. The van der Waals surface area contributed by atoms with E-state index < -0.39 is 0 Å². The summed E-state index contributed by atoms with van der Waals surface area (Å²) in [4.78, 5) is 9.21. The van der Waals surface area contributed by atoms with E-state index in [1.54, 1.807) is 0 Å². The van der Waals surface area contributed by atoms with Gasteiger partial charge in [-0.1, -0.05) is 0 Å². The lowest BCUT2D eigenvalue weighted by atomic mass is 9.95. The number of ether oxygens (including phenoxy) is 1. The second-order valence-electron chi connectivity index (χ2n) is 5.83. The fourth-order valence-electron chi connectivity index (χ4n) is 2.47. The number of nitrogens with one attached hydrogen (secondary N) is 2. The first-order valence-corrected chi connectivity index (χ1v) is 7.07. The van der Waals surface area contributed by atoms with Crippen molar-refractivity contribution >= 4 is 11.6 Å². The standard InChI is InChI=1S/C14H22N4O/c1-9-14(2,6-7-19-9)18-12-8-11(15-3)16-13(17-12)10-4-5-10/h8-10H,4-7H2,1-3H3,(H2,15,16,17,18). The van der Waals surface area contributed by atoms with Gasteiger partial charge in [-0.2, -0.15) is 0 Å². The predicted octanol–water partition coefficient (Wildman–Crippen LogP) is 2.38. The van der Waals surface area contributed by atoms with Crippen molar-refractivity contribution in [3.63, 3.8) is 0 Å². The van der Waals surface area contributed by atoms with Crippen LogP contribution in [0, 0.1) is 0 Å². The van der Waals surface area contributed by atoms with Gasteiger partial charge >= 0.3 is 0 Å². The highest BCUT2D eigenvalue weighted by Gasteiger charge is 2.37. The van der Waals surface area contributed by atoms with Gasteiger partial charge in [0.2, 0.25) is 0 Å². The molecule has 1 saturated carbocycles. The maximum Gasteiger partial charge on any atom is 0.136 e. The SMILES string of the molecule is CNc1cc(NC2(C)CCOC2C)nc(C2CC2)n1. The lowest BCUT2D eigenvalue weighted by Gasteiger charge is -2.29. The molecule has 2 atom stereocenters. The fourth-order valence-corrected chi connectivity index (χ4v) is 2.47. The summed E-state index contributed by atoms with van der Waals surface area (Å²) in [5.74, 6) is 3.30. The van der Waals surface area contributed by atoms with Gasteiger partial charge in [-0.25, -0.2) is 9.97 Å². The van der Waals surface area contributed by atoms with Crippen molar-refractivity contribution in [2.24, 2.45) is 0 Å². The minimum Gasteiger partial charge on any atom is -0.376 e. The van der Waals surface area contributed by atoms with Gasteiger partial charge in [0, 0.05) is 25.6 Å². The van der Waals surface area contributed by atoms with E-state index in [9.17, 15) is 0 Å². The number of rotatable bonds is 4. The molecule has 1 aromatic rings. The Morgan fingerprint density at radius 3 is 2.63 bits per heavy atom. The monoisotopic (exact) mass is 262 g/mol. The second kappa shape index (κ2) is 4.63. The molecule has 5 nitrogen and oxygen atoms in total. The lowest BCUT2D eigenvalue weighted by molar-refractivity contribution is 0.105. The van der Waals surface area contributed by atoms with Gasteiger partial charge in [0.25, 0.3) is 0 Å². The molecule has 2 heterocycles. The number of nitrogens with zero attached hydrogens (tertiary/aromatic N) is 2. The summed E-state index contributed by atoms with van der Waals surface area (Å²) in [6.45, 7) is 5.12. The third kappa shape index (κ3) is 2.52. The summed E-state index contributed by atoms with van der Waals surface area (Å²) in [5, 5.41) is 6.67. The van der Waals surface area contributed by atoms with E-state index in [0.29, 0.717) is 5.92 Å². The maximum atomic E-state index is 5.67. The Balaban J connectivity index is 1.85.